The Morgan fingerprint density at radius 3 is 2.48 bits per heavy atom. The van der Waals surface area contributed by atoms with Gasteiger partial charge in [0.1, 0.15) is 0 Å². The highest BCUT2D eigenvalue weighted by atomic mass is 16.5. The smallest absolute Gasteiger partial charge is 0.339 e. The molecule has 2 fully saturated rings. The number of carboxylic acids is 1. The normalized spacial score (nSPS) is 24.4. The van der Waals surface area contributed by atoms with Crippen molar-refractivity contribution in [2.45, 2.75) is 44.3 Å². The topological polar surface area (TPSA) is 100 Å². The van der Waals surface area contributed by atoms with E-state index in [9.17, 15) is 9.59 Å². The standard InChI is InChI=1S/C24H27N3O4/c28-23(29)14-17-8-6-16(7-9-17)10-11-19-20(22-13-12-21(19)31-22)15-25-27-24(30)26-18-4-2-1-3-5-18/h1-9,15,19-22H,10-14H2,(H,28,29)(H2,26,27,30)/b25-15+. The Bertz CT molecular complexity index is 930. The van der Waals surface area contributed by atoms with Crippen LogP contribution in [0.3, 0.4) is 0 Å². The third kappa shape index (κ3) is 5.49. The molecule has 4 unspecified atom stereocenters. The van der Waals surface area contributed by atoms with Crippen LogP contribution >= 0.6 is 0 Å². The van der Waals surface area contributed by atoms with Crippen LogP contribution in [0.15, 0.2) is 59.7 Å². The van der Waals surface area contributed by atoms with E-state index in [1.807, 2.05) is 60.8 Å². The molecule has 7 nitrogen and oxygen atoms in total. The Hall–Kier alpha value is -3.19. The number of para-hydroxylation sites is 1. The highest BCUT2D eigenvalue weighted by Gasteiger charge is 2.47. The maximum atomic E-state index is 12.0. The molecule has 2 saturated heterocycles. The molecular formula is C24H27N3O4. The van der Waals surface area contributed by atoms with Gasteiger partial charge >= 0.3 is 12.0 Å². The lowest BCUT2D eigenvalue weighted by atomic mass is 9.77. The van der Waals surface area contributed by atoms with Crippen LogP contribution in [0.4, 0.5) is 10.5 Å². The van der Waals surface area contributed by atoms with E-state index < -0.39 is 5.97 Å². The molecular weight excluding hydrogens is 394 g/mol. The molecule has 4 rings (SSSR count). The van der Waals surface area contributed by atoms with Gasteiger partial charge in [-0.3, -0.25) is 4.79 Å². The number of aliphatic carboxylic acids is 1. The van der Waals surface area contributed by atoms with E-state index in [0.29, 0.717) is 11.6 Å². The van der Waals surface area contributed by atoms with Gasteiger partial charge < -0.3 is 15.2 Å². The van der Waals surface area contributed by atoms with Crippen LogP contribution in [-0.2, 0) is 22.4 Å². The number of fused-ring (bicyclic) bond motifs is 2. The zero-order chi connectivity index (χ0) is 21.6. The number of nitrogens with zero attached hydrogens (tertiary/aromatic N) is 1. The van der Waals surface area contributed by atoms with Crippen molar-refractivity contribution in [3.63, 3.8) is 0 Å². The molecule has 2 aliphatic rings. The van der Waals surface area contributed by atoms with Crippen LogP contribution < -0.4 is 10.7 Å². The predicted octanol–water partition coefficient (Wildman–Crippen LogP) is 3.85. The van der Waals surface area contributed by atoms with Gasteiger partial charge in [-0.25, -0.2) is 10.2 Å². The fraction of sp³-hybridized carbons (Fsp3) is 0.375. The highest BCUT2D eigenvalue weighted by Crippen LogP contribution is 2.44. The molecule has 0 saturated carbocycles. The zero-order valence-electron chi connectivity index (χ0n) is 17.2. The van der Waals surface area contributed by atoms with E-state index in [0.717, 1.165) is 31.2 Å². The number of rotatable bonds is 8. The molecule has 0 aromatic heterocycles. The fourth-order valence-electron chi connectivity index (χ4n) is 4.59. The van der Waals surface area contributed by atoms with Crippen molar-refractivity contribution in [3.05, 3.63) is 65.7 Å². The summed E-state index contributed by atoms with van der Waals surface area (Å²) in [5, 5.41) is 15.8. The summed E-state index contributed by atoms with van der Waals surface area (Å²) in [6.07, 6.45) is 6.24. The van der Waals surface area contributed by atoms with Crippen molar-refractivity contribution in [2.24, 2.45) is 16.9 Å². The quantitative estimate of drug-likeness (QED) is 0.445. The largest absolute Gasteiger partial charge is 0.481 e. The van der Waals surface area contributed by atoms with Crippen molar-refractivity contribution < 1.29 is 19.4 Å². The van der Waals surface area contributed by atoms with Gasteiger partial charge in [0, 0.05) is 17.8 Å². The third-order valence-corrected chi connectivity index (χ3v) is 6.08. The maximum Gasteiger partial charge on any atom is 0.339 e. The average molecular weight is 421 g/mol. The number of benzene rings is 2. The maximum absolute atomic E-state index is 12.0. The molecule has 162 valence electrons. The second-order valence-electron chi connectivity index (χ2n) is 8.17. The summed E-state index contributed by atoms with van der Waals surface area (Å²) in [6, 6.07) is 16.6. The Kier molecular flexibility index (Phi) is 6.62. The van der Waals surface area contributed by atoms with Gasteiger partial charge in [0.2, 0.25) is 0 Å². The Balaban J connectivity index is 1.30. The molecule has 2 aromatic carbocycles. The van der Waals surface area contributed by atoms with Gasteiger partial charge in [-0.2, -0.15) is 5.10 Å². The van der Waals surface area contributed by atoms with E-state index in [4.69, 9.17) is 9.84 Å². The van der Waals surface area contributed by atoms with Gasteiger partial charge in [0.25, 0.3) is 0 Å². The number of hydrogen-bond donors (Lipinski definition) is 3. The van der Waals surface area contributed by atoms with Crippen molar-refractivity contribution in [3.8, 4) is 0 Å². The van der Waals surface area contributed by atoms with E-state index in [2.05, 4.69) is 15.8 Å². The number of ether oxygens (including phenoxy) is 1. The molecule has 2 aliphatic heterocycles. The van der Waals surface area contributed by atoms with E-state index in [1.165, 1.54) is 5.56 Å². The molecule has 4 atom stereocenters. The number of urea groups is 1. The molecule has 0 spiro atoms. The van der Waals surface area contributed by atoms with Crippen LogP contribution in [0.25, 0.3) is 0 Å². The average Bonchev–Trinajstić information content (AvgIpc) is 3.36. The zero-order valence-corrected chi connectivity index (χ0v) is 17.2. The molecule has 3 N–H and O–H groups in total. The SMILES string of the molecule is O=C(O)Cc1ccc(CCC2C3CCC(O3)C2/C=N/NC(=O)Nc2ccccc2)cc1. The Labute approximate surface area is 181 Å². The summed E-state index contributed by atoms with van der Waals surface area (Å²) >= 11 is 0. The van der Waals surface area contributed by atoms with Gasteiger partial charge in [-0.05, 0) is 54.9 Å². The lowest BCUT2D eigenvalue weighted by Crippen LogP contribution is -2.30. The minimum Gasteiger partial charge on any atom is -0.481 e. The summed E-state index contributed by atoms with van der Waals surface area (Å²) in [5.41, 5.74) is 5.26. The van der Waals surface area contributed by atoms with E-state index >= 15 is 0 Å². The molecule has 0 aliphatic carbocycles. The number of aryl methyl sites for hydroxylation is 1. The van der Waals surface area contributed by atoms with Gasteiger partial charge in [0.05, 0.1) is 18.6 Å². The number of hydrogen-bond acceptors (Lipinski definition) is 4. The lowest BCUT2D eigenvalue weighted by molar-refractivity contribution is -0.136. The minimum absolute atomic E-state index is 0.0455. The van der Waals surface area contributed by atoms with Crippen molar-refractivity contribution >= 4 is 23.9 Å². The Morgan fingerprint density at radius 2 is 1.74 bits per heavy atom. The number of amides is 2. The monoisotopic (exact) mass is 421 g/mol. The first-order valence-electron chi connectivity index (χ1n) is 10.7. The molecule has 0 radical (unpaired) electrons. The van der Waals surface area contributed by atoms with Crippen LogP contribution in [0.5, 0.6) is 0 Å². The van der Waals surface area contributed by atoms with E-state index in [1.54, 1.807) is 0 Å². The first-order chi connectivity index (χ1) is 15.1. The summed E-state index contributed by atoms with van der Waals surface area (Å²) in [4.78, 5) is 22.9. The van der Waals surface area contributed by atoms with E-state index in [-0.39, 0.29) is 30.6 Å². The molecule has 2 amide bonds. The summed E-state index contributed by atoms with van der Waals surface area (Å²) in [5.74, 6) is -0.276. The number of anilines is 1. The number of carbonyl (C=O) groups excluding carboxylic acids is 1. The number of carboxylic acid groups (broad SMARTS) is 1. The Morgan fingerprint density at radius 1 is 1.03 bits per heavy atom. The van der Waals surface area contributed by atoms with Crippen molar-refractivity contribution in [1.29, 1.82) is 0 Å². The summed E-state index contributed by atoms with van der Waals surface area (Å²) in [7, 11) is 0. The number of carbonyl (C=O) groups is 2. The fourth-order valence-corrected chi connectivity index (χ4v) is 4.59. The summed E-state index contributed by atoms with van der Waals surface area (Å²) < 4.78 is 6.12. The third-order valence-electron chi connectivity index (χ3n) is 6.08. The molecule has 2 aromatic rings. The number of hydrazone groups is 1. The van der Waals surface area contributed by atoms with Crippen LogP contribution in [0.2, 0.25) is 0 Å². The highest BCUT2D eigenvalue weighted by molar-refractivity contribution is 5.89. The minimum atomic E-state index is -0.819. The van der Waals surface area contributed by atoms with Gasteiger partial charge in [-0.15, -0.1) is 0 Å². The number of nitrogens with one attached hydrogen (secondary N) is 2. The second kappa shape index (κ2) is 9.75. The second-order valence-corrected chi connectivity index (χ2v) is 8.17. The van der Waals surface area contributed by atoms with Crippen LogP contribution in [-0.4, -0.2) is 35.5 Å². The molecule has 31 heavy (non-hydrogen) atoms. The molecule has 2 bridgehead atoms. The predicted molar refractivity (Wildman–Crippen MR) is 118 cm³/mol. The molecule has 2 heterocycles. The van der Waals surface area contributed by atoms with Crippen molar-refractivity contribution in [1.82, 2.24) is 5.43 Å². The summed E-state index contributed by atoms with van der Waals surface area (Å²) in [6.45, 7) is 0. The molecule has 7 heteroatoms. The van der Waals surface area contributed by atoms with Gasteiger partial charge in [0.15, 0.2) is 0 Å². The first-order valence-corrected chi connectivity index (χ1v) is 10.7. The lowest BCUT2D eigenvalue weighted by Gasteiger charge is -2.25. The first kappa shape index (κ1) is 21.1. The van der Waals surface area contributed by atoms with Crippen LogP contribution in [0.1, 0.15) is 30.4 Å². The van der Waals surface area contributed by atoms with Crippen molar-refractivity contribution in [2.75, 3.05) is 5.32 Å². The van der Waals surface area contributed by atoms with Gasteiger partial charge in [-0.1, -0.05) is 42.5 Å². The van der Waals surface area contributed by atoms with Crippen LogP contribution in [0, 0.1) is 11.8 Å².